The normalized spacial score (nSPS) is 22.2. The number of β-amino-alcohol motifs (C(OH)–C–C–N with tert-alkyl or cyclic N) is 1. The van der Waals surface area contributed by atoms with Gasteiger partial charge in [0.2, 0.25) is 0 Å². The van der Waals surface area contributed by atoms with Gasteiger partial charge in [0.1, 0.15) is 18.2 Å². The van der Waals surface area contributed by atoms with Crippen molar-refractivity contribution in [1.29, 1.82) is 0 Å². The van der Waals surface area contributed by atoms with Crippen molar-refractivity contribution in [2.45, 2.75) is 32.0 Å². The second-order valence-corrected chi connectivity index (χ2v) is 6.70. The van der Waals surface area contributed by atoms with Crippen LogP contribution in [0.1, 0.15) is 24.9 Å². The van der Waals surface area contributed by atoms with E-state index < -0.39 is 11.0 Å². The Morgan fingerprint density at radius 2 is 2.28 bits per heavy atom. The quantitative estimate of drug-likeness (QED) is 0.640. The highest BCUT2D eigenvalue weighted by molar-refractivity contribution is 5.22. The fourth-order valence-corrected chi connectivity index (χ4v) is 3.49. The molecule has 0 spiro atoms. The SMILES string of the molecule is CC1CC(c2cccc(F)c2)N(CC(O)Cn2cc([N+](=O)[O-])cn2)C1. The molecule has 3 rings (SSSR count). The summed E-state index contributed by atoms with van der Waals surface area (Å²) >= 11 is 0. The number of nitrogens with zero attached hydrogens (tertiary/aromatic N) is 4. The van der Waals surface area contributed by atoms with E-state index in [0.29, 0.717) is 12.5 Å². The van der Waals surface area contributed by atoms with Crippen LogP contribution in [0.4, 0.5) is 10.1 Å². The molecular formula is C17H21FN4O3. The molecule has 2 aromatic rings. The fraction of sp³-hybridized carbons (Fsp3) is 0.471. The lowest BCUT2D eigenvalue weighted by molar-refractivity contribution is -0.385. The highest BCUT2D eigenvalue weighted by Gasteiger charge is 2.32. The standard InChI is InChI=1S/C17H21FN4O3/c1-12-5-17(13-3-2-4-14(18)6-13)20(8-12)10-16(23)11-21-9-15(7-19-21)22(24)25/h2-4,6-7,9,12,16-17,23H,5,8,10-11H2,1H3. The maximum absolute atomic E-state index is 13.5. The van der Waals surface area contributed by atoms with Gasteiger partial charge < -0.3 is 5.11 Å². The molecule has 1 aromatic heterocycles. The van der Waals surface area contributed by atoms with Crippen LogP contribution in [0.15, 0.2) is 36.7 Å². The third-order valence-corrected chi connectivity index (χ3v) is 4.52. The van der Waals surface area contributed by atoms with E-state index in [-0.39, 0.29) is 24.1 Å². The number of aliphatic hydroxyl groups excluding tert-OH is 1. The molecule has 0 amide bonds. The number of rotatable bonds is 6. The Kier molecular flexibility index (Phi) is 5.10. The molecule has 1 aliphatic heterocycles. The second kappa shape index (κ2) is 7.28. The van der Waals surface area contributed by atoms with Crippen LogP contribution in [-0.2, 0) is 6.54 Å². The third kappa shape index (κ3) is 4.21. The summed E-state index contributed by atoms with van der Waals surface area (Å²) < 4.78 is 14.9. The van der Waals surface area contributed by atoms with Crippen molar-refractivity contribution in [3.05, 3.63) is 58.2 Å². The number of halogens is 1. The zero-order valence-electron chi connectivity index (χ0n) is 14.0. The predicted molar refractivity (Wildman–Crippen MR) is 89.4 cm³/mol. The van der Waals surface area contributed by atoms with E-state index in [0.717, 1.165) is 18.5 Å². The van der Waals surface area contributed by atoms with E-state index in [2.05, 4.69) is 16.9 Å². The van der Waals surface area contributed by atoms with Gasteiger partial charge >= 0.3 is 5.69 Å². The average Bonchev–Trinajstić information content (AvgIpc) is 3.14. The molecule has 0 aliphatic carbocycles. The second-order valence-electron chi connectivity index (χ2n) is 6.70. The maximum Gasteiger partial charge on any atom is 0.306 e. The summed E-state index contributed by atoms with van der Waals surface area (Å²) in [6, 6.07) is 6.63. The Labute approximate surface area is 144 Å². The molecule has 1 aromatic carbocycles. The molecule has 134 valence electrons. The van der Waals surface area contributed by atoms with Crippen LogP contribution in [-0.4, -0.2) is 43.9 Å². The first-order valence-corrected chi connectivity index (χ1v) is 8.27. The van der Waals surface area contributed by atoms with Crippen LogP contribution in [0.2, 0.25) is 0 Å². The van der Waals surface area contributed by atoms with Gasteiger partial charge in [-0.2, -0.15) is 5.10 Å². The van der Waals surface area contributed by atoms with Gasteiger partial charge in [-0.05, 0) is 30.0 Å². The first kappa shape index (κ1) is 17.5. The number of nitro groups is 1. The summed E-state index contributed by atoms with van der Waals surface area (Å²) in [5, 5.41) is 25.0. The van der Waals surface area contributed by atoms with Gasteiger partial charge in [-0.1, -0.05) is 19.1 Å². The maximum atomic E-state index is 13.5. The molecule has 1 aliphatic rings. The van der Waals surface area contributed by atoms with Crippen LogP contribution < -0.4 is 0 Å². The van der Waals surface area contributed by atoms with Gasteiger partial charge in [-0.25, -0.2) is 4.39 Å². The van der Waals surface area contributed by atoms with Gasteiger partial charge in [0, 0.05) is 19.1 Å². The average molecular weight is 348 g/mol. The van der Waals surface area contributed by atoms with E-state index in [4.69, 9.17) is 0 Å². The minimum atomic E-state index is -0.721. The number of likely N-dealkylation sites (tertiary alicyclic amines) is 1. The minimum Gasteiger partial charge on any atom is -0.390 e. The Bertz CT molecular complexity index is 751. The van der Waals surface area contributed by atoms with E-state index in [1.807, 2.05) is 6.07 Å². The first-order chi connectivity index (χ1) is 11.9. The molecule has 2 heterocycles. The van der Waals surface area contributed by atoms with E-state index >= 15 is 0 Å². The molecule has 3 unspecified atom stereocenters. The van der Waals surface area contributed by atoms with Crippen molar-refractivity contribution >= 4 is 5.69 Å². The number of aliphatic hydroxyl groups is 1. The Morgan fingerprint density at radius 1 is 1.48 bits per heavy atom. The molecule has 3 atom stereocenters. The topological polar surface area (TPSA) is 84.4 Å². The van der Waals surface area contributed by atoms with E-state index in [1.165, 1.54) is 23.1 Å². The van der Waals surface area contributed by atoms with Gasteiger partial charge in [-0.15, -0.1) is 0 Å². The van der Waals surface area contributed by atoms with Crippen LogP contribution >= 0.6 is 0 Å². The van der Waals surface area contributed by atoms with Crippen molar-refractivity contribution in [1.82, 2.24) is 14.7 Å². The van der Waals surface area contributed by atoms with Gasteiger partial charge in [0.05, 0.1) is 17.6 Å². The van der Waals surface area contributed by atoms with Crippen LogP contribution in [0.5, 0.6) is 0 Å². The zero-order chi connectivity index (χ0) is 18.0. The van der Waals surface area contributed by atoms with Gasteiger partial charge in [-0.3, -0.25) is 19.7 Å². The molecule has 1 N–H and O–H groups in total. The van der Waals surface area contributed by atoms with Crippen molar-refractivity contribution < 1.29 is 14.4 Å². The summed E-state index contributed by atoms with van der Waals surface area (Å²) in [5.41, 5.74) is 0.811. The smallest absolute Gasteiger partial charge is 0.306 e. The van der Waals surface area contributed by atoms with E-state index in [1.54, 1.807) is 12.1 Å². The Balaban J connectivity index is 1.66. The summed E-state index contributed by atoms with van der Waals surface area (Å²) in [4.78, 5) is 12.3. The number of benzene rings is 1. The monoisotopic (exact) mass is 348 g/mol. The van der Waals surface area contributed by atoms with E-state index in [9.17, 15) is 19.6 Å². The first-order valence-electron chi connectivity index (χ1n) is 8.27. The van der Waals surface area contributed by atoms with Crippen LogP contribution in [0.3, 0.4) is 0 Å². The third-order valence-electron chi connectivity index (χ3n) is 4.52. The molecule has 0 radical (unpaired) electrons. The molecule has 25 heavy (non-hydrogen) atoms. The number of aromatic nitrogens is 2. The molecule has 1 saturated heterocycles. The highest BCUT2D eigenvalue weighted by atomic mass is 19.1. The summed E-state index contributed by atoms with van der Waals surface area (Å²) in [7, 11) is 0. The Hall–Kier alpha value is -2.32. The molecule has 7 nitrogen and oxygen atoms in total. The van der Waals surface area contributed by atoms with Crippen molar-refractivity contribution in [2.75, 3.05) is 13.1 Å². The summed E-state index contributed by atoms with van der Waals surface area (Å²) in [6.07, 6.45) is 2.66. The van der Waals surface area contributed by atoms with Crippen molar-refractivity contribution in [3.63, 3.8) is 0 Å². The van der Waals surface area contributed by atoms with Crippen molar-refractivity contribution in [3.8, 4) is 0 Å². The minimum absolute atomic E-state index is 0.0623. The summed E-state index contributed by atoms with van der Waals surface area (Å²) in [5.74, 6) is 0.188. The van der Waals surface area contributed by atoms with Crippen LogP contribution in [0, 0.1) is 21.8 Å². The lowest BCUT2D eigenvalue weighted by atomic mass is 10.0. The fourth-order valence-electron chi connectivity index (χ4n) is 3.49. The zero-order valence-corrected chi connectivity index (χ0v) is 14.0. The number of hydrogen-bond donors (Lipinski definition) is 1. The number of hydrogen-bond acceptors (Lipinski definition) is 5. The molecule has 0 bridgehead atoms. The van der Waals surface area contributed by atoms with Crippen LogP contribution in [0.25, 0.3) is 0 Å². The highest BCUT2D eigenvalue weighted by Crippen LogP contribution is 2.35. The Morgan fingerprint density at radius 3 is 2.96 bits per heavy atom. The molecule has 0 saturated carbocycles. The lowest BCUT2D eigenvalue weighted by Crippen LogP contribution is -2.35. The molecule has 8 heteroatoms. The largest absolute Gasteiger partial charge is 0.390 e. The van der Waals surface area contributed by atoms with Gasteiger partial charge in [0.15, 0.2) is 0 Å². The molecule has 1 fully saturated rings. The predicted octanol–water partition coefficient (Wildman–Crippen LogP) is 2.37. The van der Waals surface area contributed by atoms with Crippen molar-refractivity contribution in [2.24, 2.45) is 5.92 Å². The lowest BCUT2D eigenvalue weighted by Gasteiger charge is -2.27. The molecular weight excluding hydrogens is 327 g/mol. The van der Waals surface area contributed by atoms with Gasteiger partial charge in [0.25, 0.3) is 0 Å². The summed E-state index contributed by atoms with van der Waals surface area (Å²) in [6.45, 7) is 3.53.